The highest BCUT2D eigenvalue weighted by Gasteiger charge is 2.40. The zero-order chi connectivity index (χ0) is 15.9. The first-order chi connectivity index (χ1) is 10.4. The maximum atomic E-state index is 12.7. The van der Waals surface area contributed by atoms with E-state index in [1.165, 1.54) is 0 Å². The lowest BCUT2D eigenvalue weighted by atomic mass is 9.85. The third-order valence-corrected chi connectivity index (χ3v) is 5.34. The van der Waals surface area contributed by atoms with Gasteiger partial charge in [0.05, 0.1) is 11.4 Å². The number of nitrogens with one attached hydrogen (secondary N) is 1. The molecule has 6 heteroatoms. The van der Waals surface area contributed by atoms with Crippen LogP contribution in [0.5, 0.6) is 0 Å². The Kier molecular flexibility index (Phi) is 3.97. The second kappa shape index (κ2) is 5.65. The predicted octanol–water partition coefficient (Wildman–Crippen LogP) is 0.767. The lowest BCUT2D eigenvalue weighted by Gasteiger charge is -2.29. The van der Waals surface area contributed by atoms with Gasteiger partial charge in [0.2, 0.25) is 5.91 Å². The SMILES string of the molecule is CCN1CC(NC(=O)C2CCc3nnn(C)c3C2)C(C)(C)C1. The van der Waals surface area contributed by atoms with E-state index < -0.39 is 0 Å². The van der Waals surface area contributed by atoms with Crippen LogP contribution in [-0.4, -0.2) is 51.5 Å². The van der Waals surface area contributed by atoms with E-state index in [-0.39, 0.29) is 23.3 Å². The average molecular weight is 305 g/mol. The Hall–Kier alpha value is -1.43. The van der Waals surface area contributed by atoms with Crippen molar-refractivity contribution >= 4 is 5.91 Å². The monoisotopic (exact) mass is 305 g/mol. The van der Waals surface area contributed by atoms with Gasteiger partial charge in [-0.15, -0.1) is 5.10 Å². The van der Waals surface area contributed by atoms with Crippen molar-refractivity contribution in [3.8, 4) is 0 Å². The van der Waals surface area contributed by atoms with Gasteiger partial charge in [-0.05, 0) is 24.8 Å². The number of likely N-dealkylation sites (N-methyl/N-ethyl adjacent to an activating group) is 1. The summed E-state index contributed by atoms with van der Waals surface area (Å²) in [7, 11) is 1.91. The normalized spacial score (nSPS) is 27.6. The number of likely N-dealkylation sites (tertiary alicyclic amines) is 1. The van der Waals surface area contributed by atoms with E-state index in [9.17, 15) is 4.79 Å². The maximum Gasteiger partial charge on any atom is 0.223 e. The van der Waals surface area contributed by atoms with Crippen molar-refractivity contribution in [2.45, 2.75) is 46.1 Å². The molecular formula is C16H27N5O. The fourth-order valence-electron chi connectivity index (χ4n) is 3.76. The van der Waals surface area contributed by atoms with E-state index >= 15 is 0 Å². The van der Waals surface area contributed by atoms with Crippen LogP contribution in [0.1, 0.15) is 38.6 Å². The molecule has 0 saturated carbocycles. The Morgan fingerprint density at radius 2 is 2.23 bits per heavy atom. The van der Waals surface area contributed by atoms with Crippen LogP contribution < -0.4 is 5.32 Å². The largest absolute Gasteiger partial charge is 0.351 e. The Morgan fingerprint density at radius 1 is 1.45 bits per heavy atom. The molecule has 0 radical (unpaired) electrons. The van der Waals surface area contributed by atoms with Gasteiger partial charge in [0, 0.05) is 38.5 Å². The lowest BCUT2D eigenvalue weighted by molar-refractivity contribution is -0.126. The van der Waals surface area contributed by atoms with Crippen LogP contribution in [0.15, 0.2) is 0 Å². The minimum Gasteiger partial charge on any atom is -0.351 e. The number of fused-ring (bicyclic) bond motifs is 1. The number of aromatic nitrogens is 3. The highest BCUT2D eigenvalue weighted by atomic mass is 16.2. The number of carbonyl (C=O) groups is 1. The summed E-state index contributed by atoms with van der Waals surface area (Å²) in [5.74, 6) is 0.249. The molecule has 6 nitrogen and oxygen atoms in total. The second-order valence-corrected chi connectivity index (χ2v) is 7.42. The number of amides is 1. The van der Waals surface area contributed by atoms with Crippen LogP contribution in [-0.2, 0) is 24.7 Å². The fourth-order valence-corrected chi connectivity index (χ4v) is 3.76. The molecule has 1 aliphatic heterocycles. The van der Waals surface area contributed by atoms with E-state index in [1.807, 2.05) is 11.7 Å². The molecule has 1 amide bonds. The van der Waals surface area contributed by atoms with Gasteiger partial charge >= 0.3 is 0 Å². The van der Waals surface area contributed by atoms with Crippen molar-refractivity contribution in [3.63, 3.8) is 0 Å². The lowest BCUT2D eigenvalue weighted by Crippen LogP contribution is -2.47. The van der Waals surface area contributed by atoms with Gasteiger partial charge in [-0.25, -0.2) is 0 Å². The molecule has 1 N–H and O–H groups in total. The molecule has 2 atom stereocenters. The third-order valence-electron chi connectivity index (χ3n) is 5.34. The van der Waals surface area contributed by atoms with Gasteiger partial charge in [0.15, 0.2) is 0 Å². The Labute approximate surface area is 132 Å². The number of carbonyl (C=O) groups excluding carboxylic acids is 1. The van der Waals surface area contributed by atoms with Gasteiger partial charge in [0.1, 0.15) is 0 Å². The molecule has 1 aromatic rings. The highest BCUT2D eigenvalue weighted by molar-refractivity contribution is 5.79. The zero-order valence-electron chi connectivity index (χ0n) is 14.1. The van der Waals surface area contributed by atoms with Crippen molar-refractivity contribution in [3.05, 3.63) is 11.4 Å². The first kappa shape index (κ1) is 15.5. The van der Waals surface area contributed by atoms with Crippen LogP contribution in [0, 0.1) is 11.3 Å². The molecule has 1 aliphatic carbocycles. The summed E-state index contributed by atoms with van der Waals surface area (Å²) in [6.45, 7) is 9.73. The van der Waals surface area contributed by atoms with Crippen molar-refractivity contribution in [2.75, 3.05) is 19.6 Å². The Morgan fingerprint density at radius 3 is 2.91 bits per heavy atom. The molecule has 22 heavy (non-hydrogen) atoms. The van der Waals surface area contributed by atoms with Crippen molar-refractivity contribution in [1.82, 2.24) is 25.2 Å². The highest BCUT2D eigenvalue weighted by Crippen LogP contribution is 2.30. The van der Waals surface area contributed by atoms with Gasteiger partial charge in [-0.2, -0.15) is 0 Å². The third kappa shape index (κ3) is 2.76. The van der Waals surface area contributed by atoms with Crippen molar-refractivity contribution in [2.24, 2.45) is 18.4 Å². The summed E-state index contributed by atoms with van der Waals surface area (Å²) in [5, 5.41) is 11.6. The Balaban J connectivity index is 1.65. The number of hydrogen-bond acceptors (Lipinski definition) is 4. The molecule has 1 fully saturated rings. The first-order valence-corrected chi connectivity index (χ1v) is 8.31. The molecule has 2 heterocycles. The maximum absolute atomic E-state index is 12.7. The molecule has 0 aromatic carbocycles. The Bertz CT molecular complexity index is 565. The van der Waals surface area contributed by atoms with Crippen LogP contribution >= 0.6 is 0 Å². The standard InChI is InChI=1S/C16H27N5O/c1-5-21-9-14(16(2,3)10-21)17-15(22)11-6-7-12-13(8-11)20(4)19-18-12/h11,14H,5-10H2,1-4H3,(H,17,22). The second-order valence-electron chi connectivity index (χ2n) is 7.42. The number of nitrogens with zero attached hydrogens (tertiary/aromatic N) is 4. The fraction of sp³-hybridized carbons (Fsp3) is 0.812. The van der Waals surface area contributed by atoms with Crippen LogP contribution in [0.3, 0.4) is 0 Å². The summed E-state index contributed by atoms with van der Waals surface area (Å²) in [5.41, 5.74) is 2.32. The molecule has 122 valence electrons. The number of hydrogen-bond donors (Lipinski definition) is 1. The van der Waals surface area contributed by atoms with E-state index in [0.29, 0.717) is 0 Å². The molecule has 1 aromatic heterocycles. The van der Waals surface area contributed by atoms with Crippen LogP contribution in [0.25, 0.3) is 0 Å². The molecule has 2 unspecified atom stereocenters. The van der Waals surface area contributed by atoms with E-state index in [4.69, 9.17) is 0 Å². The van der Waals surface area contributed by atoms with Crippen LogP contribution in [0.2, 0.25) is 0 Å². The summed E-state index contributed by atoms with van der Waals surface area (Å²) in [4.78, 5) is 15.1. The van der Waals surface area contributed by atoms with Gasteiger partial charge < -0.3 is 10.2 Å². The van der Waals surface area contributed by atoms with Gasteiger partial charge in [-0.3, -0.25) is 9.48 Å². The molecule has 2 aliphatic rings. The molecule has 0 bridgehead atoms. The topological polar surface area (TPSA) is 63.1 Å². The van der Waals surface area contributed by atoms with Crippen molar-refractivity contribution < 1.29 is 4.79 Å². The minimum atomic E-state index is 0.0520. The predicted molar refractivity (Wildman–Crippen MR) is 84.3 cm³/mol. The van der Waals surface area contributed by atoms with Gasteiger partial charge in [-0.1, -0.05) is 26.0 Å². The van der Waals surface area contributed by atoms with E-state index in [2.05, 4.69) is 41.3 Å². The van der Waals surface area contributed by atoms with Crippen molar-refractivity contribution in [1.29, 1.82) is 0 Å². The first-order valence-electron chi connectivity index (χ1n) is 8.31. The van der Waals surface area contributed by atoms with E-state index in [0.717, 1.165) is 50.3 Å². The van der Waals surface area contributed by atoms with E-state index in [1.54, 1.807) is 0 Å². The quantitative estimate of drug-likeness (QED) is 0.896. The molecule has 1 saturated heterocycles. The molecule has 3 rings (SSSR count). The minimum absolute atomic E-state index is 0.0520. The summed E-state index contributed by atoms with van der Waals surface area (Å²) >= 11 is 0. The summed E-state index contributed by atoms with van der Waals surface area (Å²) in [6.07, 6.45) is 2.49. The molecule has 0 spiro atoms. The summed E-state index contributed by atoms with van der Waals surface area (Å²) in [6, 6.07) is 0.242. The average Bonchev–Trinajstić information content (AvgIpc) is 2.99. The number of aryl methyl sites for hydroxylation is 2. The van der Waals surface area contributed by atoms with Crippen LogP contribution in [0.4, 0.5) is 0 Å². The zero-order valence-corrected chi connectivity index (χ0v) is 14.1. The smallest absolute Gasteiger partial charge is 0.223 e. The summed E-state index contributed by atoms with van der Waals surface area (Å²) < 4.78 is 1.81. The molecular weight excluding hydrogens is 278 g/mol. The number of rotatable bonds is 3. The van der Waals surface area contributed by atoms with Gasteiger partial charge in [0.25, 0.3) is 0 Å².